The van der Waals surface area contributed by atoms with Crippen molar-refractivity contribution in [2.45, 2.75) is 17.9 Å². The van der Waals surface area contributed by atoms with Gasteiger partial charge in [0.1, 0.15) is 14.7 Å². The van der Waals surface area contributed by atoms with Gasteiger partial charge in [0.2, 0.25) is 10.0 Å². The monoisotopic (exact) mass is 386 g/mol. The highest BCUT2D eigenvalue weighted by Gasteiger charge is 2.23. The standard InChI is InChI=1S/C9H15BrN4O4S2/c1-6(5-19(2,15)16)14-20(17,18)8-3-7(10)4-12-9(8)13-11/h3-4,6,14H,5,11H2,1-2H3,(H,12,13). The summed E-state index contributed by atoms with van der Waals surface area (Å²) in [4.78, 5) is 3.65. The van der Waals surface area contributed by atoms with Crippen LogP contribution in [0.15, 0.2) is 21.6 Å². The number of anilines is 1. The van der Waals surface area contributed by atoms with Crippen LogP contribution < -0.4 is 16.0 Å². The second-order valence-electron chi connectivity index (χ2n) is 4.26. The number of hydrogen-bond donors (Lipinski definition) is 3. The lowest BCUT2D eigenvalue weighted by Gasteiger charge is -2.15. The largest absolute Gasteiger partial charge is 0.307 e. The van der Waals surface area contributed by atoms with E-state index in [-0.39, 0.29) is 16.5 Å². The molecule has 114 valence electrons. The van der Waals surface area contributed by atoms with E-state index in [0.717, 1.165) is 6.26 Å². The van der Waals surface area contributed by atoms with Crippen molar-refractivity contribution in [2.75, 3.05) is 17.4 Å². The van der Waals surface area contributed by atoms with Crippen LogP contribution in [0.25, 0.3) is 0 Å². The summed E-state index contributed by atoms with van der Waals surface area (Å²) in [6.45, 7) is 1.46. The number of rotatable bonds is 6. The van der Waals surface area contributed by atoms with E-state index in [2.05, 4.69) is 31.1 Å². The van der Waals surface area contributed by atoms with E-state index in [1.54, 1.807) is 0 Å². The van der Waals surface area contributed by atoms with Crippen molar-refractivity contribution in [3.63, 3.8) is 0 Å². The van der Waals surface area contributed by atoms with Gasteiger partial charge >= 0.3 is 0 Å². The van der Waals surface area contributed by atoms with Crippen molar-refractivity contribution in [3.8, 4) is 0 Å². The number of pyridine rings is 1. The van der Waals surface area contributed by atoms with E-state index in [1.165, 1.54) is 19.2 Å². The molecule has 1 aromatic rings. The second kappa shape index (κ2) is 6.35. The van der Waals surface area contributed by atoms with Gasteiger partial charge < -0.3 is 5.43 Å². The molecule has 0 saturated heterocycles. The van der Waals surface area contributed by atoms with Crippen LogP contribution in [-0.4, -0.2) is 39.9 Å². The molecule has 11 heteroatoms. The smallest absolute Gasteiger partial charge is 0.244 e. The van der Waals surface area contributed by atoms with Crippen LogP contribution in [0, 0.1) is 0 Å². The molecule has 0 fully saturated rings. The fourth-order valence-corrected chi connectivity index (χ4v) is 4.52. The van der Waals surface area contributed by atoms with Crippen molar-refractivity contribution in [3.05, 3.63) is 16.7 Å². The molecule has 0 radical (unpaired) electrons. The first-order valence-corrected chi connectivity index (χ1v) is 9.71. The Morgan fingerprint density at radius 2 is 2.00 bits per heavy atom. The van der Waals surface area contributed by atoms with Gasteiger partial charge in [-0.15, -0.1) is 0 Å². The van der Waals surface area contributed by atoms with Gasteiger partial charge in [-0.1, -0.05) is 0 Å². The fourth-order valence-electron chi connectivity index (χ4n) is 1.55. The molecule has 0 aliphatic heterocycles. The molecular weight excluding hydrogens is 372 g/mol. The summed E-state index contributed by atoms with van der Waals surface area (Å²) >= 11 is 3.11. The van der Waals surface area contributed by atoms with Crippen molar-refractivity contribution in [1.82, 2.24) is 9.71 Å². The lowest BCUT2D eigenvalue weighted by molar-refractivity contribution is 0.564. The van der Waals surface area contributed by atoms with Gasteiger partial charge in [-0.3, -0.25) is 0 Å². The minimum Gasteiger partial charge on any atom is -0.307 e. The molecule has 0 amide bonds. The number of sulfone groups is 1. The molecule has 1 unspecified atom stereocenters. The average molecular weight is 387 g/mol. The molecule has 1 aromatic heterocycles. The Balaban J connectivity index is 3.08. The van der Waals surface area contributed by atoms with Crippen molar-refractivity contribution < 1.29 is 16.8 Å². The van der Waals surface area contributed by atoms with E-state index < -0.39 is 25.9 Å². The van der Waals surface area contributed by atoms with E-state index in [9.17, 15) is 16.8 Å². The number of hydrogen-bond acceptors (Lipinski definition) is 7. The zero-order valence-electron chi connectivity index (χ0n) is 10.8. The molecule has 0 bridgehead atoms. The van der Waals surface area contributed by atoms with Crippen molar-refractivity contribution >= 4 is 41.6 Å². The number of nitrogens with zero attached hydrogens (tertiary/aromatic N) is 1. The lowest BCUT2D eigenvalue weighted by Crippen LogP contribution is -2.37. The molecule has 0 saturated carbocycles. The number of hydrazine groups is 1. The van der Waals surface area contributed by atoms with Gasteiger partial charge in [0.25, 0.3) is 0 Å². The molecule has 0 aliphatic carbocycles. The first-order chi connectivity index (χ1) is 9.05. The SMILES string of the molecule is CC(CS(C)(=O)=O)NS(=O)(=O)c1cc(Br)cnc1NN. The van der Waals surface area contributed by atoms with Crippen molar-refractivity contribution in [2.24, 2.45) is 5.84 Å². The second-order valence-corrected chi connectivity index (χ2v) is 9.04. The van der Waals surface area contributed by atoms with Gasteiger partial charge in [-0.2, -0.15) is 0 Å². The number of halogens is 1. The number of nitrogens with two attached hydrogens (primary N) is 1. The average Bonchev–Trinajstić information content (AvgIpc) is 2.25. The summed E-state index contributed by atoms with van der Waals surface area (Å²) in [6.07, 6.45) is 2.42. The maximum Gasteiger partial charge on any atom is 0.244 e. The van der Waals surface area contributed by atoms with E-state index in [1.807, 2.05) is 0 Å². The highest BCUT2D eigenvalue weighted by molar-refractivity contribution is 9.10. The molecule has 4 N–H and O–H groups in total. The minimum absolute atomic E-state index is 0.0349. The molecule has 20 heavy (non-hydrogen) atoms. The summed E-state index contributed by atoms with van der Waals surface area (Å²) < 4.78 is 49.4. The zero-order valence-corrected chi connectivity index (χ0v) is 14.0. The molecule has 8 nitrogen and oxygen atoms in total. The third-order valence-corrected chi connectivity index (χ3v) is 5.30. The Labute approximate surface area is 126 Å². The molecule has 0 aliphatic rings. The van der Waals surface area contributed by atoms with Crippen LogP contribution in [0.4, 0.5) is 5.82 Å². The molecule has 1 rings (SSSR count). The van der Waals surface area contributed by atoms with Crippen molar-refractivity contribution in [1.29, 1.82) is 0 Å². The van der Waals surface area contributed by atoms with Gasteiger partial charge in [-0.25, -0.2) is 32.4 Å². The zero-order chi connectivity index (χ0) is 15.6. The first-order valence-electron chi connectivity index (χ1n) is 5.37. The predicted octanol–water partition coefficient (Wildman–Crippen LogP) is -0.159. The van der Waals surface area contributed by atoms with Crippen LogP contribution in [0.5, 0.6) is 0 Å². The van der Waals surface area contributed by atoms with E-state index in [0.29, 0.717) is 4.47 Å². The third kappa shape index (κ3) is 4.98. The molecule has 0 aromatic carbocycles. The summed E-state index contributed by atoms with van der Waals surface area (Å²) in [5.41, 5.74) is 2.18. The number of sulfonamides is 1. The Hall–Kier alpha value is -0.750. The van der Waals surface area contributed by atoms with Crippen LogP contribution >= 0.6 is 15.9 Å². The molecule has 1 heterocycles. The normalized spacial score (nSPS) is 14.0. The van der Waals surface area contributed by atoms with Crippen LogP contribution in [0.3, 0.4) is 0 Å². The molecular formula is C9H15BrN4O4S2. The Morgan fingerprint density at radius 3 is 2.50 bits per heavy atom. The van der Waals surface area contributed by atoms with Crippen LogP contribution in [-0.2, 0) is 19.9 Å². The quantitative estimate of drug-likeness (QED) is 0.457. The number of aromatic nitrogens is 1. The highest BCUT2D eigenvalue weighted by atomic mass is 79.9. The fraction of sp³-hybridized carbons (Fsp3) is 0.444. The summed E-state index contributed by atoms with van der Waals surface area (Å²) in [7, 11) is -7.24. The van der Waals surface area contributed by atoms with Crippen LogP contribution in [0.1, 0.15) is 6.92 Å². The number of nitrogens with one attached hydrogen (secondary N) is 2. The van der Waals surface area contributed by atoms with E-state index in [4.69, 9.17) is 5.84 Å². The molecule has 1 atom stereocenters. The lowest BCUT2D eigenvalue weighted by atomic mass is 10.4. The Kier molecular flexibility index (Phi) is 5.49. The first kappa shape index (κ1) is 17.3. The maximum absolute atomic E-state index is 12.2. The minimum atomic E-state index is -3.95. The van der Waals surface area contributed by atoms with Gasteiger partial charge in [-0.05, 0) is 28.9 Å². The van der Waals surface area contributed by atoms with Gasteiger partial charge in [0.05, 0.1) is 5.75 Å². The maximum atomic E-state index is 12.2. The van der Waals surface area contributed by atoms with Crippen LogP contribution in [0.2, 0.25) is 0 Å². The highest BCUT2D eigenvalue weighted by Crippen LogP contribution is 2.22. The summed E-state index contributed by atoms with van der Waals surface area (Å²) in [6, 6.07) is 0.539. The van der Waals surface area contributed by atoms with Gasteiger partial charge in [0, 0.05) is 23.0 Å². The Bertz CT molecular complexity index is 690. The summed E-state index contributed by atoms with van der Waals surface area (Å²) in [5, 5.41) is 0. The predicted molar refractivity (Wildman–Crippen MR) is 79.2 cm³/mol. The summed E-state index contributed by atoms with van der Waals surface area (Å²) in [5.74, 6) is 4.87. The topological polar surface area (TPSA) is 131 Å². The van der Waals surface area contributed by atoms with Gasteiger partial charge in [0.15, 0.2) is 5.82 Å². The third-order valence-electron chi connectivity index (χ3n) is 2.15. The Morgan fingerprint density at radius 1 is 1.40 bits per heavy atom. The van der Waals surface area contributed by atoms with E-state index >= 15 is 0 Å². The molecule has 0 spiro atoms. The number of nitrogen functional groups attached to an aromatic ring is 1.